The van der Waals surface area contributed by atoms with E-state index < -0.39 is 11.3 Å². The van der Waals surface area contributed by atoms with E-state index in [-0.39, 0.29) is 18.4 Å². The Hall–Kier alpha value is -2.70. The Balaban J connectivity index is 1.75. The summed E-state index contributed by atoms with van der Waals surface area (Å²) >= 11 is 0. The van der Waals surface area contributed by atoms with E-state index >= 15 is 0 Å². The Kier molecular flexibility index (Phi) is 5.58. The number of aromatic nitrogens is 2. The van der Waals surface area contributed by atoms with Crippen LogP contribution in [-0.2, 0) is 16.2 Å². The van der Waals surface area contributed by atoms with Crippen molar-refractivity contribution in [3.05, 3.63) is 42.4 Å². The predicted octanol–water partition coefficient (Wildman–Crippen LogP) is 3.32. The number of nitrogens with zero attached hydrogens (tertiary/aromatic N) is 3. The maximum Gasteiger partial charge on any atom is 0.291 e. The number of hydrogen-bond acceptors (Lipinski definition) is 6. The highest BCUT2D eigenvalue weighted by Crippen LogP contribution is 2.35. The van der Waals surface area contributed by atoms with E-state index in [2.05, 4.69) is 9.97 Å². The van der Waals surface area contributed by atoms with Gasteiger partial charge in [-0.2, -0.15) is 0 Å². The lowest BCUT2D eigenvalue weighted by Crippen LogP contribution is -2.42. The van der Waals surface area contributed by atoms with Crippen molar-refractivity contribution in [2.75, 3.05) is 6.54 Å². The van der Waals surface area contributed by atoms with Crippen LogP contribution in [0.4, 0.5) is 0 Å². The molecule has 1 amide bonds. The van der Waals surface area contributed by atoms with Gasteiger partial charge in [-0.3, -0.25) is 14.6 Å². The lowest BCUT2D eigenvalue weighted by atomic mass is 9.84. The minimum absolute atomic E-state index is 0.213. The van der Waals surface area contributed by atoms with Crippen molar-refractivity contribution in [1.82, 2.24) is 14.9 Å². The Morgan fingerprint density at radius 3 is 2.93 bits per heavy atom. The third-order valence-corrected chi connectivity index (χ3v) is 5.19. The van der Waals surface area contributed by atoms with Crippen LogP contribution in [-0.4, -0.2) is 33.1 Å². The minimum atomic E-state index is -0.669. The van der Waals surface area contributed by atoms with E-state index in [0.717, 1.165) is 12.8 Å². The second-order valence-corrected chi connectivity index (χ2v) is 7.36. The van der Waals surface area contributed by atoms with Crippen LogP contribution in [0.25, 0.3) is 0 Å². The van der Waals surface area contributed by atoms with Crippen LogP contribution in [0, 0.1) is 5.41 Å². The topological polar surface area (TPSA) is 85.5 Å². The highest BCUT2D eigenvalue weighted by Gasteiger charge is 2.41. The molecule has 2 aromatic rings. The molecule has 0 aromatic carbocycles. The van der Waals surface area contributed by atoms with Crippen molar-refractivity contribution in [3.8, 4) is 5.75 Å². The van der Waals surface area contributed by atoms with E-state index in [1.54, 1.807) is 37.2 Å². The number of carbonyl (C=O) groups is 2. The van der Waals surface area contributed by atoms with Crippen molar-refractivity contribution >= 4 is 11.7 Å². The first-order valence-electron chi connectivity index (χ1n) is 9.24. The van der Waals surface area contributed by atoms with Crippen LogP contribution in [0.1, 0.15) is 57.5 Å². The monoisotopic (exact) mass is 371 g/mol. The molecule has 1 saturated heterocycles. The molecule has 2 aromatic heterocycles. The summed E-state index contributed by atoms with van der Waals surface area (Å²) in [5.41, 5.74) is -0.0384. The summed E-state index contributed by atoms with van der Waals surface area (Å²) in [5, 5.41) is 0. The van der Waals surface area contributed by atoms with E-state index in [9.17, 15) is 9.59 Å². The molecule has 0 spiro atoms. The average Bonchev–Trinajstić information content (AvgIpc) is 3.34. The molecule has 0 N–H and O–H groups in total. The van der Waals surface area contributed by atoms with Crippen LogP contribution in [0.5, 0.6) is 5.75 Å². The number of ketones is 1. The van der Waals surface area contributed by atoms with Gasteiger partial charge in [0, 0.05) is 18.2 Å². The highest BCUT2D eigenvalue weighted by molar-refractivity contribution is 6.38. The molecule has 0 aliphatic carbocycles. The first kappa shape index (κ1) is 19.1. The van der Waals surface area contributed by atoms with Crippen molar-refractivity contribution in [3.63, 3.8) is 0 Å². The summed E-state index contributed by atoms with van der Waals surface area (Å²) in [7, 11) is 0. The maximum absolute atomic E-state index is 12.8. The van der Waals surface area contributed by atoms with Gasteiger partial charge in [-0.1, -0.05) is 20.8 Å². The molecule has 7 nitrogen and oxygen atoms in total. The lowest BCUT2D eigenvalue weighted by molar-refractivity contribution is -0.150. The largest absolute Gasteiger partial charge is 0.486 e. The third kappa shape index (κ3) is 4.02. The number of carbonyl (C=O) groups excluding carboxylic acids is 2. The summed E-state index contributed by atoms with van der Waals surface area (Å²) in [6.07, 6.45) is 6.82. The first-order valence-corrected chi connectivity index (χ1v) is 9.24. The number of oxazole rings is 1. The van der Waals surface area contributed by atoms with Crippen molar-refractivity contribution in [2.45, 2.75) is 52.7 Å². The van der Waals surface area contributed by atoms with Gasteiger partial charge in [0.25, 0.3) is 5.91 Å². The molecule has 3 heterocycles. The van der Waals surface area contributed by atoms with Crippen LogP contribution in [0.15, 0.2) is 35.3 Å². The summed E-state index contributed by atoms with van der Waals surface area (Å²) in [4.78, 5) is 35.3. The number of hydrogen-bond donors (Lipinski definition) is 0. The smallest absolute Gasteiger partial charge is 0.291 e. The van der Waals surface area contributed by atoms with Gasteiger partial charge < -0.3 is 14.1 Å². The molecular formula is C20H25N3O4. The molecule has 144 valence electrons. The zero-order valence-electron chi connectivity index (χ0n) is 16.0. The molecular weight excluding hydrogens is 346 g/mol. The molecule has 0 unspecified atom stereocenters. The second kappa shape index (κ2) is 7.90. The van der Waals surface area contributed by atoms with Crippen LogP contribution in [0.2, 0.25) is 0 Å². The van der Waals surface area contributed by atoms with Gasteiger partial charge in [0.15, 0.2) is 12.2 Å². The molecule has 7 heteroatoms. The minimum Gasteiger partial charge on any atom is -0.486 e. The Labute approximate surface area is 158 Å². The van der Waals surface area contributed by atoms with Gasteiger partial charge in [-0.15, -0.1) is 0 Å². The molecule has 0 saturated carbocycles. The van der Waals surface area contributed by atoms with Crippen molar-refractivity contribution in [2.24, 2.45) is 5.41 Å². The van der Waals surface area contributed by atoms with Gasteiger partial charge in [0.05, 0.1) is 12.2 Å². The molecule has 1 fully saturated rings. The lowest BCUT2D eigenvalue weighted by Gasteiger charge is -2.27. The number of ether oxygens (including phenoxy) is 1. The SMILES string of the molecule is CCC(C)(C)C(=O)C(=O)N1CCC[C@H]1c1ocnc1COc1cccnc1. The fourth-order valence-electron chi connectivity index (χ4n) is 3.10. The van der Waals surface area contributed by atoms with Gasteiger partial charge in [0.2, 0.25) is 5.78 Å². The summed E-state index contributed by atoms with van der Waals surface area (Å²) in [5.74, 6) is 0.418. The van der Waals surface area contributed by atoms with Gasteiger partial charge >= 0.3 is 0 Å². The molecule has 1 aliphatic rings. The van der Waals surface area contributed by atoms with Gasteiger partial charge in [0.1, 0.15) is 18.1 Å². The zero-order chi connectivity index (χ0) is 19.4. The number of pyridine rings is 1. The first-order chi connectivity index (χ1) is 12.9. The normalized spacial score (nSPS) is 17.1. The zero-order valence-corrected chi connectivity index (χ0v) is 16.0. The predicted molar refractivity (Wildman–Crippen MR) is 97.8 cm³/mol. The third-order valence-electron chi connectivity index (χ3n) is 5.19. The molecule has 0 radical (unpaired) electrons. The van der Waals surface area contributed by atoms with E-state index in [1.807, 2.05) is 13.0 Å². The fraction of sp³-hybridized carbons (Fsp3) is 0.500. The van der Waals surface area contributed by atoms with Gasteiger partial charge in [-0.25, -0.2) is 4.98 Å². The van der Waals surface area contributed by atoms with Crippen LogP contribution < -0.4 is 4.74 Å². The van der Waals surface area contributed by atoms with Crippen LogP contribution >= 0.6 is 0 Å². The second-order valence-electron chi connectivity index (χ2n) is 7.36. The molecule has 1 aliphatic heterocycles. The average molecular weight is 371 g/mol. The van der Waals surface area contributed by atoms with Gasteiger partial charge in [-0.05, 0) is 31.4 Å². The number of rotatable bonds is 7. The summed E-state index contributed by atoms with van der Waals surface area (Å²) < 4.78 is 11.3. The summed E-state index contributed by atoms with van der Waals surface area (Å²) in [6, 6.07) is 3.31. The highest BCUT2D eigenvalue weighted by atomic mass is 16.5. The Morgan fingerprint density at radius 1 is 1.41 bits per heavy atom. The Bertz CT molecular complexity index is 801. The van der Waals surface area contributed by atoms with Crippen molar-refractivity contribution < 1.29 is 18.7 Å². The summed E-state index contributed by atoms with van der Waals surface area (Å²) in [6.45, 7) is 6.28. The van der Waals surface area contributed by atoms with E-state index in [1.165, 1.54) is 6.39 Å². The van der Waals surface area contributed by atoms with Crippen molar-refractivity contribution in [1.29, 1.82) is 0 Å². The fourth-order valence-corrected chi connectivity index (χ4v) is 3.10. The standard InChI is InChI=1S/C20H25N3O4/c1-4-20(2,3)18(24)19(25)23-10-6-8-16(23)17-15(22-13-27-17)12-26-14-7-5-9-21-11-14/h5,7,9,11,13,16H,4,6,8,10,12H2,1-3H3/t16-/m0/s1. The molecule has 27 heavy (non-hydrogen) atoms. The maximum atomic E-state index is 12.8. The quantitative estimate of drug-likeness (QED) is 0.694. The molecule has 3 rings (SSSR count). The molecule has 0 bridgehead atoms. The molecule has 1 atom stereocenters. The Morgan fingerprint density at radius 2 is 2.22 bits per heavy atom. The van der Waals surface area contributed by atoms with Crippen LogP contribution in [0.3, 0.4) is 0 Å². The number of Topliss-reactive ketones (excluding diaryl/α,β-unsaturated/α-hetero) is 1. The number of amides is 1. The van der Waals surface area contributed by atoms with E-state index in [0.29, 0.717) is 30.2 Å². The number of likely N-dealkylation sites (tertiary alicyclic amines) is 1. The van der Waals surface area contributed by atoms with E-state index in [4.69, 9.17) is 9.15 Å².